The predicted octanol–water partition coefficient (Wildman–Crippen LogP) is 3.04. The monoisotopic (exact) mass is 452 g/mol. The molecule has 1 N–H and O–H groups in total. The molecule has 0 aliphatic carbocycles. The summed E-state index contributed by atoms with van der Waals surface area (Å²) in [7, 11) is -3.41. The highest BCUT2D eigenvalue weighted by molar-refractivity contribution is 9.10. The van der Waals surface area contributed by atoms with Gasteiger partial charge in [-0.1, -0.05) is 15.9 Å². The number of rotatable bonds is 7. The summed E-state index contributed by atoms with van der Waals surface area (Å²) in [6.45, 7) is 1.81. The minimum atomic E-state index is -3.41. The van der Waals surface area contributed by atoms with Crippen LogP contribution < -0.4 is 10.1 Å². The van der Waals surface area contributed by atoms with E-state index in [9.17, 15) is 13.2 Å². The molecule has 0 spiro atoms. The van der Waals surface area contributed by atoms with E-state index in [1.165, 1.54) is 4.31 Å². The van der Waals surface area contributed by atoms with Crippen LogP contribution in [0, 0.1) is 0 Å². The van der Waals surface area contributed by atoms with Crippen LogP contribution in [-0.4, -0.2) is 44.9 Å². The zero-order valence-corrected chi connectivity index (χ0v) is 17.1. The molecule has 0 unspecified atom stereocenters. The summed E-state index contributed by atoms with van der Waals surface area (Å²) in [6, 6.07) is 13.5. The van der Waals surface area contributed by atoms with Gasteiger partial charge in [-0.25, -0.2) is 8.42 Å². The lowest BCUT2D eigenvalue weighted by Crippen LogP contribution is -2.28. The first-order valence-corrected chi connectivity index (χ1v) is 11.0. The SMILES string of the molecule is O=C(NCCOc1ccc(S(=O)(=O)N2CCCC2)cc1)c1ccc(Br)cc1. The third kappa shape index (κ3) is 5.09. The minimum absolute atomic E-state index is 0.168. The van der Waals surface area contributed by atoms with Crippen molar-refractivity contribution in [2.45, 2.75) is 17.7 Å². The van der Waals surface area contributed by atoms with Crippen molar-refractivity contribution in [2.75, 3.05) is 26.2 Å². The topological polar surface area (TPSA) is 75.7 Å². The van der Waals surface area contributed by atoms with Crippen molar-refractivity contribution in [1.29, 1.82) is 0 Å². The Labute approximate surface area is 167 Å². The Kier molecular flexibility index (Phi) is 6.51. The second-order valence-electron chi connectivity index (χ2n) is 6.19. The molecule has 2 aromatic rings. The smallest absolute Gasteiger partial charge is 0.251 e. The van der Waals surface area contributed by atoms with Crippen molar-refractivity contribution >= 4 is 31.9 Å². The van der Waals surface area contributed by atoms with Crippen molar-refractivity contribution in [1.82, 2.24) is 9.62 Å². The summed E-state index contributed by atoms with van der Waals surface area (Å²) in [4.78, 5) is 12.3. The maximum absolute atomic E-state index is 12.5. The van der Waals surface area contributed by atoms with Crippen LogP contribution in [0.5, 0.6) is 5.75 Å². The Morgan fingerprint density at radius 1 is 1.04 bits per heavy atom. The van der Waals surface area contributed by atoms with E-state index in [1.54, 1.807) is 36.4 Å². The van der Waals surface area contributed by atoms with Gasteiger partial charge in [-0.3, -0.25) is 4.79 Å². The van der Waals surface area contributed by atoms with Crippen molar-refractivity contribution < 1.29 is 17.9 Å². The van der Waals surface area contributed by atoms with E-state index >= 15 is 0 Å². The first-order chi connectivity index (χ1) is 13.0. The molecule has 1 heterocycles. The fourth-order valence-corrected chi connectivity index (χ4v) is 4.60. The van der Waals surface area contributed by atoms with Gasteiger partial charge >= 0.3 is 0 Å². The minimum Gasteiger partial charge on any atom is -0.492 e. The summed E-state index contributed by atoms with van der Waals surface area (Å²) < 4.78 is 32.9. The number of carbonyl (C=O) groups excluding carboxylic acids is 1. The van der Waals surface area contributed by atoms with E-state index in [1.807, 2.05) is 12.1 Å². The van der Waals surface area contributed by atoms with E-state index in [-0.39, 0.29) is 10.8 Å². The Morgan fingerprint density at radius 3 is 2.30 bits per heavy atom. The van der Waals surface area contributed by atoms with Crippen molar-refractivity contribution in [3.8, 4) is 5.75 Å². The predicted molar refractivity (Wildman–Crippen MR) is 106 cm³/mol. The van der Waals surface area contributed by atoms with Gasteiger partial charge in [-0.15, -0.1) is 0 Å². The lowest BCUT2D eigenvalue weighted by Gasteiger charge is -2.15. The number of ether oxygens (including phenoxy) is 1. The molecule has 144 valence electrons. The first kappa shape index (κ1) is 19.9. The Bertz CT molecular complexity index is 877. The van der Waals surface area contributed by atoms with Gasteiger partial charge < -0.3 is 10.1 Å². The number of hydrogen-bond acceptors (Lipinski definition) is 4. The molecule has 0 bridgehead atoms. The van der Waals surface area contributed by atoms with Crippen LogP contribution >= 0.6 is 15.9 Å². The van der Waals surface area contributed by atoms with Gasteiger partial charge in [0.15, 0.2) is 0 Å². The summed E-state index contributed by atoms with van der Waals surface area (Å²) in [6.07, 6.45) is 1.82. The average molecular weight is 453 g/mol. The number of carbonyl (C=O) groups is 1. The number of nitrogens with zero attached hydrogens (tertiary/aromatic N) is 1. The molecule has 2 aromatic carbocycles. The van der Waals surface area contributed by atoms with Crippen LogP contribution in [0.3, 0.4) is 0 Å². The molecular formula is C19H21BrN2O4S. The van der Waals surface area contributed by atoms with Gasteiger partial charge in [-0.05, 0) is 61.4 Å². The van der Waals surface area contributed by atoms with Crippen LogP contribution in [0.2, 0.25) is 0 Å². The quantitative estimate of drug-likeness (QED) is 0.654. The molecule has 8 heteroatoms. The molecule has 6 nitrogen and oxygen atoms in total. The Balaban J connectivity index is 1.47. The number of halogens is 1. The molecule has 0 saturated carbocycles. The van der Waals surface area contributed by atoms with Crippen LogP contribution in [0.15, 0.2) is 57.9 Å². The van der Waals surface area contributed by atoms with Gasteiger partial charge in [0.25, 0.3) is 5.91 Å². The fraction of sp³-hybridized carbons (Fsp3) is 0.316. The maximum Gasteiger partial charge on any atom is 0.251 e. The summed E-state index contributed by atoms with van der Waals surface area (Å²) in [5.74, 6) is 0.395. The molecule has 1 fully saturated rings. The third-order valence-electron chi connectivity index (χ3n) is 4.29. The van der Waals surface area contributed by atoms with Crippen LogP contribution in [-0.2, 0) is 10.0 Å². The van der Waals surface area contributed by atoms with Gasteiger partial charge in [0.2, 0.25) is 10.0 Å². The number of nitrogens with one attached hydrogen (secondary N) is 1. The van der Waals surface area contributed by atoms with Gasteiger partial charge in [-0.2, -0.15) is 4.31 Å². The Hall–Kier alpha value is -1.90. The molecule has 1 aliphatic heterocycles. The molecule has 0 radical (unpaired) electrons. The van der Waals surface area contributed by atoms with E-state index in [2.05, 4.69) is 21.2 Å². The average Bonchev–Trinajstić information content (AvgIpc) is 3.22. The second-order valence-corrected chi connectivity index (χ2v) is 9.05. The molecule has 3 rings (SSSR count). The number of sulfonamides is 1. The summed E-state index contributed by atoms with van der Waals surface area (Å²) in [5, 5.41) is 2.78. The van der Waals surface area contributed by atoms with Gasteiger partial charge in [0.05, 0.1) is 11.4 Å². The van der Waals surface area contributed by atoms with E-state index in [0.29, 0.717) is 37.6 Å². The molecule has 1 aliphatic rings. The normalized spacial score (nSPS) is 14.9. The number of amides is 1. The molecule has 1 amide bonds. The summed E-state index contributed by atoms with van der Waals surface area (Å²) >= 11 is 3.33. The second kappa shape index (κ2) is 8.86. The number of hydrogen-bond donors (Lipinski definition) is 1. The zero-order chi connectivity index (χ0) is 19.3. The first-order valence-electron chi connectivity index (χ1n) is 8.73. The largest absolute Gasteiger partial charge is 0.492 e. The van der Waals surface area contributed by atoms with Gasteiger partial charge in [0.1, 0.15) is 12.4 Å². The molecule has 1 saturated heterocycles. The number of benzene rings is 2. The maximum atomic E-state index is 12.5. The lowest BCUT2D eigenvalue weighted by atomic mass is 10.2. The highest BCUT2D eigenvalue weighted by Crippen LogP contribution is 2.22. The zero-order valence-electron chi connectivity index (χ0n) is 14.7. The molecule has 0 aromatic heterocycles. The standard InChI is InChI=1S/C19H21BrN2O4S/c20-16-5-3-15(4-6-16)19(23)21-11-14-26-17-7-9-18(10-8-17)27(24,25)22-12-1-2-13-22/h3-10H,1-2,11-14H2,(H,21,23). The van der Waals surface area contributed by atoms with E-state index < -0.39 is 10.0 Å². The van der Waals surface area contributed by atoms with Crippen LogP contribution in [0.4, 0.5) is 0 Å². The molecule has 27 heavy (non-hydrogen) atoms. The van der Waals surface area contributed by atoms with Crippen molar-refractivity contribution in [3.63, 3.8) is 0 Å². The van der Waals surface area contributed by atoms with Crippen LogP contribution in [0.25, 0.3) is 0 Å². The van der Waals surface area contributed by atoms with E-state index in [0.717, 1.165) is 17.3 Å². The lowest BCUT2D eigenvalue weighted by molar-refractivity contribution is 0.0947. The highest BCUT2D eigenvalue weighted by atomic mass is 79.9. The molecule has 0 atom stereocenters. The van der Waals surface area contributed by atoms with Crippen molar-refractivity contribution in [2.24, 2.45) is 0 Å². The Morgan fingerprint density at radius 2 is 1.67 bits per heavy atom. The van der Waals surface area contributed by atoms with Crippen molar-refractivity contribution in [3.05, 3.63) is 58.6 Å². The molecular weight excluding hydrogens is 432 g/mol. The summed E-state index contributed by atoms with van der Waals surface area (Å²) in [5.41, 5.74) is 0.578. The fourth-order valence-electron chi connectivity index (χ4n) is 2.82. The van der Waals surface area contributed by atoms with E-state index in [4.69, 9.17) is 4.74 Å². The van der Waals surface area contributed by atoms with Crippen LogP contribution in [0.1, 0.15) is 23.2 Å². The van der Waals surface area contributed by atoms with Gasteiger partial charge in [0, 0.05) is 23.1 Å². The highest BCUT2D eigenvalue weighted by Gasteiger charge is 2.26. The third-order valence-corrected chi connectivity index (χ3v) is 6.73.